The van der Waals surface area contributed by atoms with Crippen LogP contribution in [-0.4, -0.2) is 13.6 Å². The molecule has 0 unspecified atom stereocenters. The van der Waals surface area contributed by atoms with Gasteiger partial charge in [0.1, 0.15) is 0 Å². The van der Waals surface area contributed by atoms with Gasteiger partial charge >= 0.3 is 0 Å². The molecular formula is C8H21N. The van der Waals surface area contributed by atoms with Crippen LogP contribution in [0.1, 0.15) is 40.5 Å². The van der Waals surface area contributed by atoms with Crippen molar-refractivity contribution in [1.82, 2.24) is 5.32 Å². The van der Waals surface area contributed by atoms with Gasteiger partial charge in [0.05, 0.1) is 0 Å². The van der Waals surface area contributed by atoms with Gasteiger partial charge in [-0.3, -0.25) is 0 Å². The van der Waals surface area contributed by atoms with Crippen LogP contribution in [0.25, 0.3) is 0 Å². The zero-order valence-corrected chi connectivity index (χ0v) is 6.74. The van der Waals surface area contributed by atoms with Gasteiger partial charge in [0, 0.05) is 1.43 Å². The Bertz CT molecular complexity index is 42.5. The molecule has 0 rings (SSSR count). The summed E-state index contributed by atoms with van der Waals surface area (Å²) in [5, 5.41) is 3.14. The molecule has 0 spiro atoms. The second kappa shape index (κ2) is 7.96. The number of rotatable bonds is 6. The van der Waals surface area contributed by atoms with Crippen LogP contribution < -0.4 is 5.32 Å². The average molecular weight is 131 g/mol. The highest BCUT2D eigenvalue weighted by Gasteiger charge is 1.85. The van der Waals surface area contributed by atoms with Crippen LogP contribution in [0.5, 0.6) is 0 Å². The lowest BCUT2D eigenvalue weighted by Gasteiger charge is -1.97. The summed E-state index contributed by atoms with van der Waals surface area (Å²) in [6, 6.07) is 0. The summed E-state index contributed by atoms with van der Waals surface area (Å²) in [7, 11) is 2.01. The van der Waals surface area contributed by atoms with Gasteiger partial charge in [-0.1, -0.05) is 32.6 Å². The van der Waals surface area contributed by atoms with Crippen molar-refractivity contribution in [3.05, 3.63) is 0 Å². The Morgan fingerprint density at radius 2 is 1.78 bits per heavy atom. The second-order valence-electron chi connectivity index (χ2n) is 2.52. The van der Waals surface area contributed by atoms with E-state index >= 15 is 0 Å². The van der Waals surface area contributed by atoms with Gasteiger partial charge in [-0.05, 0) is 20.0 Å². The summed E-state index contributed by atoms with van der Waals surface area (Å²) in [6.45, 7) is 3.43. The number of nitrogens with one attached hydrogen (secondary N) is 1. The van der Waals surface area contributed by atoms with Crippen LogP contribution in [0, 0.1) is 0 Å². The van der Waals surface area contributed by atoms with Gasteiger partial charge in [-0.2, -0.15) is 0 Å². The largest absolute Gasteiger partial charge is 0.320 e. The fourth-order valence-electron chi connectivity index (χ4n) is 0.905. The van der Waals surface area contributed by atoms with E-state index in [1.165, 1.54) is 38.6 Å². The van der Waals surface area contributed by atoms with E-state index in [4.69, 9.17) is 0 Å². The highest BCUT2D eigenvalue weighted by Crippen LogP contribution is 2.00. The first-order chi connectivity index (χ1) is 4.41. The molecule has 0 radical (unpaired) electrons. The van der Waals surface area contributed by atoms with E-state index in [-0.39, 0.29) is 1.43 Å². The number of hydrogen-bond acceptors (Lipinski definition) is 1. The fourth-order valence-corrected chi connectivity index (χ4v) is 0.905. The van der Waals surface area contributed by atoms with Crippen LogP contribution >= 0.6 is 0 Å². The van der Waals surface area contributed by atoms with Crippen molar-refractivity contribution in [2.24, 2.45) is 0 Å². The minimum atomic E-state index is 0. The first-order valence-electron chi connectivity index (χ1n) is 4.06. The lowest BCUT2D eigenvalue weighted by molar-refractivity contribution is 0.610. The molecule has 0 saturated carbocycles. The summed E-state index contributed by atoms with van der Waals surface area (Å²) < 4.78 is 0. The van der Waals surface area contributed by atoms with Gasteiger partial charge in [-0.15, -0.1) is 0 Å². The molecule has 0 aromatic heterocycles. The van der Waals surface area contributed by atoms with Crippen molar-refractivity contribution in [2.75, 3.05) is 13.6 Å². The van der Waals surface area contributed by atoms with Crippen molar-refractivity contribution in [3.63, 3.8) is 0 Å². The predicted octanol–water partition coefficient (Wildman–Crippen LogP) is 2.42. The predicted molar refractivity (Wildman–Crippen MR) is 44.8 cm³/mol. The molecule has 0 bridgehead atoms. The molecule has 0 aliphatic rings. The molecule has 0 saturated heterocycles. The fraction of sp³-hybridized carbons (Fsp3) is 1.00. The third-order valence-corrected chi connectivity index (χ3v) is 1.53. The highest BCUT2D eigenvalue weighted by atomic mass is 14.8. The smallest absolute Gasteiger partial charge is 0 e. The van der Waals surface area contributed by atoms with E-state index in [2.05, 4.69) is 12.2 Å². The molecular weight excluding hydrogens is 110 g/mol. The third-order valence-electron chi connectivity index (χ3n) is 1.53. The maximum absolute atomic E-state index is 3.14. The van der Waals surface area contributed by atoms with E-state index in [1.54, 1.807) is 0 Å². The van der Waals surface area contributed by atoms with E-state index in [0.29, 0.717) is 0 Å². The molecule has 9 heavy (non-hydrogen) atoms. The Morgan fingerprint density at radius 1 is 1.11 bits per heavy atom. The lowest BCUT2D eigenvalue weighted by atomic mass is 10.1. The molecule has 0 aliphatic carbocycles. The van der Waals surface area contributed by atoms with Gasteiger partial charge < -0.3 is 5.32 Å². The van der Waals surface area contributed by atoms with E-state index in [9.17, 15) is 0 Å². The molecule has 0 aliphatic heterocycles. The minimum absolute atomic E-state index is 0. The Balaban J connectivity index is 0. The van der Waals surface area contributed by atoms with E-state index in [1.807, 2.05) is 7.05 Å². The van der Waals surface area contributed by atoms with Gasteiger partial charge in [-0.25, -0.2) is 0 Å². The van der Waals surface area contributed by atoms with E-state index in [0.717, 1.165) is 0 Å². The second-order valence-corrected chi connectivity index (χ2v) is 2.52. The maximum Gasteiger partial charge on any atom is 0 e. The van der Waals surface area contributed by atoms with Crippen LogP contribution in [-0.2, 0) is 0 Å². The summed E-state index contributed by atoms with van der Waals surface area (Å²) in [6.07, 6.45) is 6.91. The first-order valence-corrected chi connectivity index (χ1v) is 4.06. The Kier molecular flexibility index (Phi) is 7.92. The molecule has 0 atom stereocenters. The Labute approximate surface area is 60.3 Å². The number of unbranched alkanes of at least 4 members (excludes halogenated alkanes) is 4. The van der Waals surface area contributed by atoms with E-state index < -0.39 is 0 Å². The van der Waals surface area contributed by atoms with Gasteiger partial charge in [0.25, 0.3) is 0 Å². The van der Waals surface area contributed by atoms with Crippen molar-refractivity contribution in [3.8, 4) is 0 Å². The summed E-state index contributed by atoms with van der Waals surface area (Å²) >= 11 is 0. The maximum atomic E-state index is 3.14. The molecule has 1 heteroatoms. The van der Waals surface area contributed by atoms with Crippen LogP contribution in [0.2, 0.25) is 0 Å². The standard InChI is InChI=1S/C8H19N.H2/c1-3-4-5-6-7-8-9-2;/h9H,3-8H2,1-2H3;1H. The zero-order chi connectivity index (χ0) is 6.95. The summed E-state index contributed by atoms with van der Waals surface area (Å²) in [5.41, 5.74) is 0. The molecule has 0 aromatic rings. The molecule has 0 amide bonds. The van der Waals surface area contributed by atoms with Crippen molar-refractivity contribution < 1.29 is 1.43 Å². The monoisotopic (exact) mass is 131 g/mol. The van der Waals surface area contributed by atoms with Crippen LogP contribution in [0.3, 0.4) is 0 Å². The minimum Gasteiger partial charge on any atom is -0.320 e. The Morgan fingerprint density at radius 3 is 2.33 bits per heavy atom. The van der Waals surface area contributed by atoms with Crippen molar-refractivity contribution >= 4 is 0 Å². The Hall–Kier alpha value is -0.0400. The molecule has 0 aromatic carbocycles. The topological polar surface area (TPSA) is 12.0 Å². The van der Waals surface area contributed by atoms with Crippen molar-refractivity contribution in [2.45, 2.75) is 39.0 Å². The quantitative estimate of drug-likeness (QED) is 0.546. The van der Waals surface area contributed by atoms with Crippen molar-refractivity contribution in [1.29, 1.82) is 0 Å². The van der Waals surface area contributed by atoms with Crippen LogP contribution in [0.4, 0.5) is 0 Å². The van der Waals surface area contributed by atoms with Gasteiger partial charge in [0.15, 0.2) is 0 Å². The number of hydrogen-bond donors (Lipinski definition) is 1. The molecule has 0 fully saturated rings. The normalized spacial score (nSPS) is 10.0. The SMILES string of the molecule is CCCCCCCNC.[HH]. The van der Waals surface area contributed by atoms with Gasteiger partial charge in [0.2, 0.25) is 0 Å². The third kappa shape index (κ3) is 7.96. The molecule has 1 nitrogen and oxygen atoms in total. The summed E-state index contributed by atoms with van der Waals surface area (Å²) in [4.78, 5) is 0. The molecule has 58 valence electrons. The summed E-state index contributed by atoms with van der Waals surface area (Å²) in [5.74, 6) is 0. The zero-order valence-electron chi connectivity index (χ0n) is 6.74. The van der Waals surface area contributed by atoms with Crippen LogP contribution in [0.15, 0.2) is 0 Å². The average Bonchev–Trinajstić information content (AvgIpc) is 1.89. The molecule has 1 N–H and O–H groups in total. The first kappa shape index (κ1) is 8.96. The molecule has 0 heterocycles. The highest BCUT2D eigenvalue weighted by molar-refractivity contribution is 4.43. The lowest BCUT2D eigenvalue weighted by Crippen LogP contribution is -2.06.